The van der Waals surface area contributed by atoms with E-state index in [1.807, 2.05) is 13.8 Å². The molecule has 6 nitrogen and oxygen atoms in total. The summed E-state index contributed by atoms with van der Waals surface area (Å²) in [6, 6.07) is 4.34. The van der Waals surface area contributed by atoms with Crippen LogP contribution in [0.3, 0.4) is 0 Å². The Morgan fingerprint density at radius 3 is 2.54 bits per heavy atom. The fourth-order valence-electron chi connectivity index (χ4n) is 2.77. The number of carbonyl (C=O) groups is 1. The highest BCUT2D eigenvalue weighted by molar-refractivity contribution is 7.98. The number of rotatable bonds is 6. The molecular formula is C18H20F3N5OS. The lowest BCUT2D eigenvalue weighted by Crippen LogP contribution is -2.31. The molecule has 0 aromatic carbocycles. The number of amides is 1. The van der Waals surface area contributed by atoms with E-state index < -0.39 is 11.6 Å². The lowest BCUT2D eigenvalue weighted by atomic mass is 10.0. The van der Waals surface area contributed by atoms with Crippen molar-refractivity contribution in [2.24, 2.45) is 0 Å². The predicted octanol–water partition coefficient (Wildman–Crippen LogP) is 4.07. The van der Waals surface area contributed by atoms with Crippen molar-refractivity contribution >= 4 is 29.3 Å². The summed E-state index contributed by atoms with van der Waals surface area (Å²) in [5.41, 5.74) is -1.72. The van der Waals surface area contributed by atoms with Crippen molar-refractivity contribution in [1.82, 2.24) is 20.3 Å². The van der Waals surface area contributed by atoms with Gasteiger partial charge in [0.15, 0.2) is 5.16 Å². The van der Waals surface area contributed by atoms with Crippen LogP contribution in [0.4, 0.5) is 24.8 Å². The van der Waals surface area contributed by atoms with Crippen molar-refractivity contribution in [3.05, 3.63) is 35.7 Å². The number of pyridine rings is 1. The molecule has 1 fully saturated rings. The Labute approximate surface area is 164 Å². The van der Waals surface area contributed by atoms with E-state index in [2.05, 4.69) is 25.6 Å². The zero-order chi connectivity index (χ0) is 20.5. The third-order valence-corrected chi connectivity index (χ3v) is 4.95. The second kappa shape index (κ2) is 7.57. The van der Waals surface area contributed by atoms with Crippen LogP contribution in [0.1, 0.15) is 42.7 Å². The van der Waals surface area contributed by atoms with E-state index in [1.165, 1.54) is 30.1 Å². The van der Waals surface area contributed by atoms with E-state index >= 15 is 0 Å². The van der Waals surface area contributed by atoms with Crippen LogP contribution in [0.15, 0.2) is 29.6 Å². The Bertz CT molecular complexity index is 884. The summed E-state index contributed by atoms with van der Waals surface area (Å²) in [5, 5.41) is 6.07. The van der Waals surface area contributed by atoms with Crippen LogP contribution in [0.2, 0.25) is 0 Å². The summed E-state index contributed by atoms with van der Waals surface area (Å²) in [5.74, 6) is 0.00615. The topological polar surface area (TPSA) is 79.8 Å². The van der Waals surface area contributed by atoms with Gasteiger partial charge in [-0.15, -0.1) is 0 Å². The third-order valence-electron chi connectivity index (χ3n) is 4.39. The Morgan fingerprint density at radius 1 is 1.25 bits per heavy atom. The second-order valence-corrected chi connectivity index (χ2v) is 7.63. The third kappa shape index (κ3) is 4.06. The van der Waals surface area contributed by atoms with Crippen molar-refractivity contribution in [2.45, 2.75) is 49.5 Å². The molecule has 3 rings (SSSR count). The first-order valence-corrected chi connectivity index (χ1v) is 9.92. The molecule has 10 heteroatoms. The smallest absolute Gasteiger partial charge is 0.350 e. The maximum atomic E-state index is 13.4. The van der Waals surface area contributed by atoms with Gasteiger partial charge in [-0.1, -0.05) is 17.8 Å². The second-order valence-electron chi connectivity index (χ2n) is 6.86. The van der Waals surface area contributed by atoms with Crippen LogP contribution in [-0.2, 0) is 5.41 Å². The minimum absolute atomic E-state index is 0.0269. The minimum Gasteiger partial charge on any atom is -0.350 e. The Balaban J connectivity index is 1.93. The van der Waals surface area contributed by atoms with Gasteiger partial charge < -0.3 is 10.6 Å². The van der Waals surface area contributed by atoms with Gasteiger partial charge in [0.2, 0.25) is 0 Å². The number of thioether (sulfide) groups is 1. The van der Waals surface area contributed by atoms with Gasteiger partial charge >= 0.3 is 6.18 Å². The molecule has 1 aliphatic carbocycles. The molecule has 0 unspecified atom stereocenters. The zero-order valence-electron chi connectivity index (χ0n) is 15.6. The molecule has 0 saturated heterocycles. The number of hydrogen-bond donors (Lipinski definition) is 2. The quantitative estimate of drug-likeness (QED) is 0.551. The van der Waals surface area contributed by atoms with Gasteiger partial charge in [-0.05, 0) is 45.1 Å². The predicted molar refractivity (Wildman–Crippen MR) is 101 cm³/mol. The van der Waals surface area contributed by atoms with Crippen LogP contribution in [0.5, 0.6) is 0 Å². The minimum atomic E-state index is -4.35. The standard InChI is InChI=1S/C18H20F3N5OS/c1-10(2)23-15(27)11-9-22-16(28-3)26-14(11)25-13-6-4-5-12(24-13)17(7-8-17)18(19,20)21/h4-6,9-10H,7-8H2,1-3H3,(H,23,27)(H,22,24,25,26). The Kier molecular flexibility index (Phi) is 5.51. The van der Waals surface area contributed by atoms with Crippen molar-refractivity contribution < 1.29 is 18.0 Å². The van der Waals surface area contributed by atoms with E-state index in [9.17, 15) is 18.0 Å². The van der Waals surface area contributed by atoms with Gasteiger partial charge in [-0.3, -0.25) is 4.79 Å². The molecule has 0 bridgehead atoms. The average Bonchev–Trinajstić information content (AvgIpc) is 3.43. The highest BCUT2D eigenvalue weighted by Crippen LogP contribution is 2.58. The van der Waals surface area contributed by atoms with Crippen molar-refractivity contribution in [2.75, 3.05) is 11.6 Å². The van der Waals surface area contributed by atoms with E-state index in [0.29, 0.717) is 5.16 Å². The number of hydrogen-bond acceptors (Lipinski definition) is 6. The summed E-state index contributed by atoms with van der Waals surface area (Å²) in [6.45, 7) is 3.64. The molecule has 2 aromatic rings. The SMILES string of the molecule is CSc1ncc(C(=O)NC(C)C)c(Nc2cccc(C3(C(F)(F)F)CC3)n2)n1. The molecule has 0 aliphatic heterocycles. The summed E-state index contributed by atoms with van der Waals surface area (Å²) < 4.78 is 40.2. The molecule has 0 atom stereocenters. The highest BCUT2D eigenvalue weighted by Gasteiger charge is 2.65. The lowest BCUT2D eigenvalue weighted by Gasteiger charge is -2.19. The summed E-state index contributed by atoms with van der Waals surface area (Å²) >= 11 is 1.29. The monoisotopic (exact) mass is 411 g/mol. The van der Waals surface area contributed by atoms with Crippen LogP contribution in [-0.4, -0.2) is 39.3 Å². The zero-order valence-corrected chi connectivity index (χ0v) is 16.4. The van der Waals surface area contributed by atoms with Crippen LogP contribution in [0, 0.1) is 0 Å². The molecule has 1 amide bonds. The van der Waals surface area contributed by atoms with Crippen LogP contribution >= 0.6 is 11.8 Å². The summed E-state index contributed by atoms with van der Waals surface area (Å²) in [7, 11) is 0. The van der Waals surface area contributed by atoms with Crippen molar-refractivity contribution in [1.29, 1.82) is 0 Å². The Hall–Kier alpha value is -2.36. The van der Waals surface area contributed by atoms with Gasteiger partial charge in [0.05, 0.1) is 5.69 Å². The fourth-order valence-corrected chi connectivity index (χ4v) is 3.11. The van der Waals surface area contributed by atoms with Crippen molar-refractivity contribution in [3.63, 3.8) is 0 Å². The average molecular weight is 411 g/mol. The van der Waals surface area contributed by atoms with Gasteiger partial charge in [-0.2, -0.15) is 13.2 Å². The molecule has 2 N–H and O–H groups in total. The molecule has 0 radical (unpaired) electrons. The van der Waals surface area contributed by atoms with E-state index in [0.717, 1.165) is 0 Å². The largest absolute Gasteiger partial charge is 0.399 e. The fraction of sp³-hybridized carbons (Fsp3) is 0.444. The highest BCUT2D eigenvalue weighted by atomic mass is 32.2. The molecule has 28 heavy (non-hydrogen) atoms. The molecule has 2 heterocycles. The van der Waals surface area contributed by atoms with E-state index in [4.69, 9.17) is 0 Å². The molecule has 150 valence electrons. The van der Waals surface area contributed by atoms with Gasteiger partial charge in [-0.25, -0.2) is 15.0 Å². The Morgan fingerprint density at radius 2 is 1.96 bits per heavy atom. The number of alkyl halides is 3. The first kappa shape index (κ1) is 20.4. The molecule has 0 spiro atoms. The number of nitrogens with zero attached hydrogens (tertiary/aromatic N) is 3. The summed E-state index contributed by atoms with van der Waals surface area (Å²) in [4.78, 5) is 25.0. The number of nitrogens with one attached hydrogen (secondary N) is 2. The lowest BCUT2D eigenvalue weighted by molar-refractivity contribution is -0.161. The number of carbonyl (C=O) groups excluding carboxylic acids is 1. The maximum absolute atomic E-state index is 13.4. The van der Waals surface area contributed by atoms with Gasteiger partial charge in [0.25, 0.3) is 5.91 Å². The molecule has 2 aromatic heterocycles. The van der Waals surface area contributed by atoms with E-state index in [1.54, 1.807) is 12.3 Å². The molecule has 1 aliphatic rings. The normalized spacial score (nSPS) is 15.4. The molecular weight excluding hydrogens is 391 g/mol. The van der Waals surface area contributed by atoms with Crippen molar-refractivity contribution in [3.8, 4) is 0 Å². The maximum Gasteiger partial charge on any atom is 0.399 e. The first-order valence-electron chi connectivity index (χ1n) is 8.69. The first-order chi connectivity index (χ1) is 13.2. The van der Waals surface area contributed by atoms with Gasteiger partial charge in [0.1, 0.15) is 22.6 Å². The number of halogens is 3. The van der Waals surface area contributed by atoms with E-state index in [-0.39, 0.29) is 47.7 Å². The summed E-state index contributed by atoms with van der Waals surface area (Å²) in [6.07, 6.45) is -1.12. The number of aromatic nitrogens is 3. The van der Waals surface area contributed by atoms with Gasteiger partial charge in [0, 0.05) is 12.2 Å². The number of anilines is 2. The van der Waals surface area contributed by atoms with Crippen LogP contribution in [0.25, 0.3) is 0 Å². The molecule has 1 saturated carbocycles. The van der Waals surface area contributed by atoms with Crippen LogP contribution < -0.4 is 10.6 Å².